The molecule has 1 aromatic heterocycles. The molecule has 0 fully saturated rings. The lowest BCUT2D eigenvalue weighted by Crippen LogP contribution is -2.00. The minimum atomic E-state index is -0.415. The Morgan fingerprint density at radius 2 is 2.26 bits per heavy atom. The summed E-state index contributed by atoms with van der Waals surface area (Å²) in [5.74, 6) is 0.452. The number of hydrogen-bond donors (Lipinski definition) is 0. The van der Waals surface area contributed by atoms with E-state index in [1.807, 2.05) is 0 Å². The summed E-state index contributed by atoms with van der Waals surface area (Å²) in [5.41, 5.74) is 1.95. The highest BCUT2D eigenvalue weighted by Gasteiger charge is 2.16. The molecule has 0 aliphatic rings. The van der Waals surface area contributed by atoms with Gasteiger partial charge in [-0.25, -0.2) is 4.68 Å². The molecule has 19 heavy (non-hydrogen) atoms. The van der Waals surface area contributed by atoms with Gasteiger partial charge < -0.3 is 0 Å². The van der Waals surface area contributed by atoms with Crippen LogP contribution in [-0.4, -0.2) is 25.8 Å². The molecule has 2 rings (SSSR count). The van der Waals surface area contributed by atoms with Crippen molar-refractivity contribution in [2.45, 2.75) is 13.3 Å². The van der Waals surface area contributed by atoms with Crippen molar-refractivity contribution < 1.29 is 4.92 Å². The summed E-state index contributed by atoms with van der Waals surface area (Å²) < 4.78 is 2.22. The third-order valence-electron chi connectivity index (χ3n) is 2.60. The third kappa shape index (κ3) is 2.93. The van der Waals surface area contributed by atoms with Crippen molar-refractivity contribution in [1.29, 1.82) is 0 Å². The molecule has 8 heteroatoms. The van der Waals surface area contributed by atoms with Gasteiger partial charge in [0, 0.05) is 28.4 Å². The molecule has 0 aliphatic carbocycles. The predicted molar refractivity (Wildman–Crippen MR) is 74.9 cm³/mol. The zero-order valence-electron chi connectivity index (χ0n) is 10.0. The Bertz CT molecular complexity index is 629. The van der Waals surface area contributed by atoms with Crippen molar-refractivity contribution in [1.82, 2.24) is 15.0 Å². The van der Waals surface area contributed by atoms with Crippen LogP contribution in [0.4, 0.5) is 5.69 Å². The molecule has 0 N–H and O–H groups in total. The molecule has 0 unspecified atom stereocenters. The summed E-state index contributed by atoms with van der Waals surface area (Å²) >= 11 is 9.01. The topological polar surface area (TPSA) is 73.8 Å². The second-order valence-corrected chi connectivity index (χ2v) is 5.17. The molecule has 0 atom stereocenters. The lowest BCUT2D eigenvalue weighted by molar-refractivity contribution is -0.385. The van der Waals surface area contributed by atoms with E-state index in [4.69, 9.17) is 11.6 Å². The minimum absolute atomic E-state index is 0.0487. The van der Waals surface area contributed by atoms with Crippen molar-refractivity contribution >= 4 is 33.2 Å². The van der Waals surface area contributed by atoms with Crippen molar-refractivity contribution in [3.8, 4) is 5.69 Å². The first-order valence-electron chi connectivity index (χ1n) is 5.45. The fourth-order valence-electron chi connectivity index (χ4n) is 1.65. The maximum atomic E-state index is 11.0. The largest absolute Gasteiger partial charge is 0.274 e. The van der Waals surface area contributed by atoms with Gasteiger partial charge in [0.2, 0.25) is 0 Å². The highest BCUT2D eigenvalue weighted by atomic mass is 79.9. The molecule has 0 saturated heterocycles. The SMILES string of the molecule is Cc1cc(Br)c(-n2cc(CCCl)nn2)cc1[N+](=O)[O-]. The minimum Gasteiger partial charge on any atom is -0.258 e. The van der Waals surface area contributed by atoms with Crippen LogP contribution >= 0.6 is 27.5 Å². The maximum absolute atomic E-state index is 11.0. The van der Waals surface area contributed by atoms with E-state index in [0.29, 0.717) is 23.6 Å². The Hall–Kier alpha value is -1.47. The third-order valence-corrected chi connectivity index (χ3v) is 3.42. The standard InChI is InChI=1S/C11H10BrClN4O2/c1-7-4-9(12)11(5-10(7)17(18)19)16-6-8(2-3-13)14-15-16/h4-6H,2-3H2,1H3. The normalized spacial score (nSPS) is 10.7. The van der Waals surface area contributed by atoms with Gasteiger partial charge in [-0.15, -0.1) is 16.7 Å². The molecular weight excluding hydrogens is 336 g/mol. The Morgan fingerprint density at radius 3 is 2.89 bits per heavy atom. The summed E-state index contributed by atoms with van der Waals surface area (Å²) in [6.45, 7) is 1.69. The van der Waals surface area contributed by atoms with Crippen LogP contribution in [0.2, 0.25) is 0 Å². The van der Waals surface area contributed by atoms with Gasteiger partial charge in [-0.1, -0.05) is 5.21 Å². The van der Waals surface area contributed by atoms with Gasteiger partial charge >= 0.3 is 0 Å². The van der Waals surface area contributed by atoms with E-state index in [1.54, 1.807) is 19.2 Å². The fourth-order valence-corrected chi connectivity index (χ4v) is 2.48. The van der Waals surface area contributed by atoms with E-state index in [1.165, 1.54) is 10.7 Å². The molecule has 0 aliphatic heterocycles. The molecule has 2 aromatic rings. The summed E-state index contributed by atoms with van der Waals surface area (Å²) in [6.07, 6.45) is 2.31. The maximum Gasteiger partial charge on any atom is 0.274 e. The smallest absolute Gasteiger partial charge is 0.258 e. The van der Waals surface area contributed by atoms with E-state index in [-0.39, 0.29) is 5.69 Å². The first-order valence-corrected chi connectivity index (χ1v) is 6.77. The van der Waals surface area contributed by atoms with Gasteiger partial charge in [0.1, 0.15) is 0 Å². The first kappa shape index (κ1) is 14.0. The van der Waals surface area contributed by atoms with E-state index in [9.17, 15) is 10.1 Å². The van der Waals surface area contributed by atoms with Gasteiger partial charge in [0.25, 0.3) is 5.69 Å². The van der Waals surface area contributed by atoms with Gasteiger partial charge in [0.05, 0.1) is 22.5 Å². The van der Waals surface area contributed by atoms with E-state index in [2.05, 4.69) is 26.2 Å². The number of halogens is 2. The number of alkyl halides is 1. The van der Waals surface area contributed by atoms with Crippen LogP contribution in [0.3, 0.4) is 0 Å². The second-order valence-electron chi connectivity index (χ2n) is 3.94. The molecule has 0 bridgehead atoms. The first-order chi connectivity index (χ1) is 9.02. The number of nitro benzene ring substituents is 1. The highest BCUT2D eigenvalue weighted by Crippen LogP contribution is 2.29. The molecule has 0 spiro atoms. The summed E-state index contributed by atoms with van der Waals surface area (Å²) in [7, 11) is 0. The Morgan fingerprint density at radius 1 is 1.53 bits per heavy atom. The number of rotatable bonds is 4. The molecule has 6 nitrogen and oxygen atoms in total. The van der Waals surface area contributed by atoms with Crippen molar-refractivity contribution in [3.05, 3.63) is 44.2 Å². The van der Waals surface area contributed by atoms with Crippen LogP contribution in [0, 0.1) is 17.0 Å². The van der Waals surface area contributed by atoms with Crippen LogP contribution in [-0.2, 0) is 6.42 Å². The molecular formula is C11H10BrClN4O2. The Balaban J connectivity index is 2.48. The van der Waals surface area contributed by atoms with E-state index >= 15 is 0 Å². The number of hydrogen-bond acceptors (Lipinski definition) is 4. The Kier molecular flexibility index (Phi) is 4.16. The lowest BCUT2D eigenvalue weighted by Gasteiger charge is -2.05. The second kappa shape index (κ2) is 5.66. The van der Waals surface area contributed by atoms with Crippen molar-refractivity contribution in [2.75, 3.05) is 5.88 Å². The van der Waals surface area contributed by atoms with Crippen LogP contribution in [0.25, 0.3) is 5.69 Å². The number of nitro groups is 1. The zero-order valence-corrected chi connectivity index (χ0v) is 12.3. The van der Waals surface area contributed by atoms with E-state index in [0.717, 1.165) is 10.2 Å². The summed E-state index contributed by atoms with van der Waals surface area (Å²) in [5, 5.41) is 18.9. The number of nitrogens with zero attached hydrogens (tertiary/aromatic N) is 4. The van der Waals surface area contributed by atoms with Crippen LogP contribution in [0.5, 0.6) is 0 Å². The van der Waals surface area contributed by atoms with Crippen LogP contribution in [0.15, 0.2) is 22.8 Å². The molecule has 100 valence electrons. The molecule has 1 aromatic carbocycles. The average molecular weight is 346 g/mol. The van der Waals surface area contributed by atoms with Gasteiger partial charge in [-0.3, -0.25) is 10.1 Å². The monoisotopic (exact) mass is 344 g/mol. The quantitative estimate of drug-likeness (QED) is 0.485. The summed E-state index contributed by atoms with van der Waals surface area (Å²) in [4.78, 5) is 10.5. The van der Waals surface area contributed by atoms with Crippen LogP contribution < -0.4 is 0 Å². The molecule has 0 radical (unpaired) electrons. The average Bonchev–Trinajstić information content (AvgIpc) is 2.77. The highest BCUT2D eigenvalue weighted by molar-refractivity contribution is 9.10. The lowest BCUT2D eigenvalue weighted by atomic mass is 10.2. The fraction of sp³-hybridized carbons (Fsp3) is 0.273. The van der Waals surface area contributed by atoms with Crippen LogP contribution in [0.1, 0.15) is 11.3 Å². The van der Waals surface area contributed by atoms with Gasteiger partial charge in [0.15, 0.2) is 0 Å². The molecule has 0 amide bonds. The van der Waals surface area contributed by atoms with Crippen molar-refractivity contribution in [2.24, 2.45) is 0 Å². The molecule has 1 heterocycles. The number of aryl methyl sites for hydroxylation is 2. The van der Waals surface area contributed by atoms with Crippen molar-refractivity contribution in [3.63, 3.8) is 0 Å². The number of aromatic nitrogens is 3. The van der Waals surface area contributed by atoms with Gasteiger partial charge in [-0.05, 0) is 28.9 Å². The molecule has 0 saturated carbocycles. The predicted octanol–water partition coefficient (Wildman–Crippen LogP) is 3.03. The van der Waals surface area contributed by atoms with E-state index < -0.39 is 4.92 Å². The zero-order chi connectivity index (χ0) is 14.0. The number of benzene rings is 1. The van der Waals surface area contributed by atoms with Gasteiger partial charge in [-0.2, -0.15) is 0 Å². The Labute approximate surface area is 122 Å². The summed E-state index contributed by atoms with van der Waals surface area (Å²) in [6, 6.07) is 3.16.